The van der Waals surface area contributed by atoms with Crippen molar-refractivity contribution < 1.29 is 38.2 Å². The van der Waals surface area contributed by atoms with Crippen LogP contribution in [0.15, 0.2) is 77.3 Å². The van der Waals surface area contributed by atoms with Crippen molar-refractivity contribution in [3.05, 3.63) is 107 Å². The molecule has 3 aromatic carbocycles. The van der Waals surface area contributed by atoms with Crippen molar-refractivity contribution in [2.45, 2.75) is 63.6 Å². The molecular weight excluding hydrogens is 809 g/mol. The van der Waals surface area contributed by atoms with E-state index in [0.29, 0.717) is 59.6 Å². The Morgan fingerprint density at radius 1 is 0.921 bits per heavy atom. The summed E-state index contributed by atoms with van der Waals surface area (Å²) in [5, 5.41) is 31.3. The first-order valence-electron chi connectivity index (χ1n) is 21.0. The van der Waals surface area contributed by atoms with Gasteiger partial charge in [0.1, 0.15) is 17.5 Å². The summed E-state index contributed by atoms with van der Waals surface area (Å²) in [7, 11) is 0. The number of aliphatic hydroxyl groups excluding tert-OH is 1. The van der Waals surface area contributed by atoms with Gasteiger partial charge in [-0.3, -0.25) is 29.4 Å². The number of piperidine rings is 2. The van der Waals surface area contributed by atoms with Gasteiger partial charge < -0.3 is 35.1 Å². The molecule has 18 heteroatoms. The van der Waals surface area contributed by atoms with Crippen LogP contribution < -0.4 is 21.3 Å². The lowest BCUT2D eigenvalue weighted by Crippen LogP contribution is -2.54. The maximum absolute atomic E-state index is 13.5. The SMILES string of the molecule is CC1(C)OC(=O)c2ccc(Nc3ncc(-c4nnc(CCN5CCC(CNc6cccc7c6C(=O)N(C6CCC(=O)NC6=O)C7=O)CC5)o4)c(N[C@H](CO)c4ccccc4)n3)cc21. The fraction of sp³-hybridized carbons (Fsp3) is 0.356. The molecule has 2 saturated heterocycles. The van der Waals surface area contributed by atoms with Crippen LogP contribution in [0.25, 0.3) is 11.5 Å². The van der Waals surface area contributed by atoms with Crippen molar-refractivity contribution in [3.63, 3.8) is 0 Å². The fourth-order valence-electron chi connectivity index (χ4n) is 8.61. The number of carbonyl (C=O) groups is 5. The Bertz CT molecular complexity index is 2610. The first-order chi connectivity index (χ1) is 30.4. The maximum Gasteiger partial charge on any atom is 0.339 e. The number of nitrogens with zero attached hydrogens (tertiary/aromatic N) is 6. The van der Waals surface area contributed by atoms with E-state index in [1.807, 2.05) is 50.2 Å². The Kier molecular flexibility index (Phi) is 11.2. The number of aromatic nitrogens is 4. The summed E-state index contributed by atoms with van der Waals surface area (Å²) in [6, 6.07) is 18.4. The van der Waals surface area contributed by atoms with Gasteiger partial charge in [0.15, 0.2) is 0 Å². The summed E-state index contributed by atoms with van der Waals surface area (Å²) in [4.78, 5) is 76.0. The van der Waals surface area contributed by atoms with E-state index in [1.54, 1.807) is 36.5 Å². The average Bonchev–Trinajstić information content (AvgIpc) is 3.93. The zero-order valence-corrected chi connectivity index (χ0v) is 34.7. The monoisotopic (exact) mass is 854 g/mol. The second-order valence-electron chi connectivity index (χ2n) is 16.6. The number of cyclic esters (lactones) is 1. The molecule has 4 amide bonds. The van der Waals surface area contributed by atoms with Crippen LogP contribution in [0.4, 0.5) is 23.1 Å². The summed E-state index contributed by atoms with van der Waals surface area (Å²) in [5.74, 6) is -0.866. The highest BCUT2D eigenvalue weighted by Gasteiger charge is 2.46. The summed E-state index contributed by atoms with van der Waals surface area (Å²) in [6.45, 7) is 6.43. The number of carbonyl (C=O) groups excluding carboxylic acids is 5. The highest BCUT2D eigenvalue weighted by atomic mass is 16.6. The van der Waals surface area contributed by atoms with Crippen LogP contribution >= 0.6 is 0 Å². The molecular formula is C45H46N10O8. The predicted octanol–water partition coefficient (Wildman–Crippen LogP) is 4.59. The van der Waals surface area contributed by atoms with E-state index in [1.165, 1.54) is 0 Å². The Morgan fingerprint density at radius 2 is 1.73 bits per heavy atom. The van der Waals surface area contributed by atoms with Crippen LogP contribution in [0.2, 0.25) is 0 Å². The molecule has 2 atom stereocenters. The molecule has 0 aliphatic carbocycles. The van der Waals surface area contributed by atoms with E-state index < -0.39 is 41.3 Å². The van der Waals surface area contributed by atoms with Crippen LogP contribution in [0.5, 0.6) is 0 Å². The maximum atomic E-state index is 13.5. The number of benzene rings is 3. The van der Waals surface area contributed by atoms with E-state index >= 15 is 0 Å². The number of aliphatic hydroxyl groups is 1. The van der Waals surface area contributed by atoms with Crippen LogP contribution in [-0.4, -0.2) is 103 Å². The molecule has 0 saturated carbocycles. The lowest BCUT2D eigenvalue weighted by Gasteiger charge is -2.32. The Balaban J connectivity index is 0.827. The minimum Gasteiger partial charge on any atom is -0.451 e. The minimum absolute atomic E-state index is 0.0621. The van der Waals surface area contributed by atoms with Crippen molar-refractivity contribution in [2.75, 3.05) is 48.7 Å². The number of nitrogens with one attached hydrogen (secondary N) is 4. The molecule has 9 rings (SSSR count). The van der Waals surface area contributed by atoms with Crippen LogP contribution in [0, 0.1) is 5.92 Å². The van der Waals surface area contributed by atoms with Gasteiger partial charge in [0, 0.05) is 49.1 Å². The Hall–Kier alpha value is -7.05. The number of ether oxygens (including phenoxy) is 1. The van der Waals surface area contributed by atoms with Crippen molar-refractivity contribution in [1.82, 2.24) is 35.3 Å². The number of imide groups is 2. The number of hydrogen-bond acceptors (Lipinski definition) is 16. The molecule has 63 heavy (non-hydrogen) atoms. The van der Waals surface area contributed by atoms with Crippen LogP contribution in [-0.2, 0) is 26.3 Å². The number of anilines is 4. The van der Waals surface area contributed by atoms with Gasteiger partial charge >= 0.3 is 5.97 Å². The van der Waals surface area contributed by atoms with E-state index in [-0.39, 0.29) is 48.4 Å². The summed E-state index contributed by atoms with van der Waals surface area (Å²) in [5.41, 5.74) is 3.50. The predicted molar refractivity (Wildman–Crippen MR) is 228 cm³/mol. The molecule has 4 aliphatic rings. The number of hydrogen-bond donors (Lipinski definition) is 5. The molecule has 6 heterocycles. The topological polar surface area (TPSA) is 234 Å². The standard InChI is InChI=1S/C45H46N10O8/c1-45(2)31-21-27(11-12-28(31)43(61)63-45)48-44-47-23-30(38(51-44)49-33(24-56)26-7-4-3-5-8-26)40-53-52-36(62-40)17-20-54-18-15-25(16-19-54)22-46-32-10-6-9-29-37(32)42(60)55(41(29)59)34-13-14-35(57)50-39(34)58/h3-12,21,23,25,33-34,46,56H,13-20,22,24H2,1-2H3,(H,50,57,58)(H2,47,48,49,51)/t33-,34?/m1/s1. The second-order valence-corrected chi connectivity index (χ2v) is 16.6. The van der Waals surface area contributed by atoms with Crippen molar-refractivity contribution >= 4 is 52.7 Å². The third kappa shape index (κ3) is 8.34. The molecule has 5 aromatic rings. The van der Waals surface area contributed by atoms with Gasteiger partial charge in [-0.25, -0.2) is 9.78 Å². The second kappa shape index (κ2) is 17.0. The molecule has 0 radical (unpaired) electrons. The number of amides is 4. The summed E-state index contributed by atoms with van der Waals surface area (Å²) >= 11 is 0. The van der Waals surface area contributed by atoms with Crippen molar-refractivity contribution in [3.8, 4) is 11.5 Å². The Morgan fingerprint density at radius 3 is 2.51 bits per heavy atom. The number of rotatable bonds is 14. The molecule has 4 aliphatic heterocycles. The smallest absolute Gasteiger partial charge is 0.339 e. The van der Waals surface area contributed by atoms with E-state index in [2.05, 4.69) is 41.3 Å². The highest BCUT2D eigenvalue weighted by Crippen LogP contribution is 2.38. The van der Waals surface area contributed by atoms with Crippen molar-refractivity contribution in [1.29, 1.82) is 0 Å². The summed E-state index contributed by atoms with van der Waals surface area (Å²) in [6.07, 6.45) is 4.07. The number of esters is 1. The van der Waals surface area contributed by atoms with Gasteiger partial charge in [0.2, 0.25) is 23.7 Å². The minimum atomic E-state index is -1.02. The molecule has 324 valence electrons. The van der Waals surface area contributed by atoms with Gasteiger partial charge in [-0.2, -0.15) is 4.98 Å². The van der Waals surface area contributed by atoms with Gasteiger partial charge in [-0.15, -0.1) is 10.2 Å². The van der Waals surface area contributed by atoms with Crippen molar-refractivity contribution in [2.24, 2.45) is 5.92 Å². The normalized spacial score (nSPS) is 19.1. The fourth-order valence-corrected chi connectivity index (χ4v) is 8.61. The van der Waals surface area contributed by atoms with Gasteiger partial charge in [0.25, 0.3) is 17.7 Å². The first kappa shape index (κ1) is 41.3. The molecule has 1 unspecified atom stereocenters. The van der Waals surface area contributed by atoms with Gasteiger partial charge in [-0.1, -0.05) is 36.4 Å². The van der Waals surface area contributed by atoms with E-state index in [0.717, 1.165) is 42.0 Å². The highest BCUT2D eigenvalue weighted by molar-refractivity contribution is 6.25. The van der Waals surface area contributed by atoms with Gasteiger partial charge in [0.05, 0.1) is 34.9 Å². The zero-order chi connectivity index (χ0) is 43.8. The quantitative estimate of drug-likeness (QED) is 0.0759. The van der Waals surface area contributed by atoms with E-state index in [4.69, 9.17) is 14.1 Å². The molecule has 0 spiro atoms. The van der Waals surface area contributed by atoms with E-state index in [9.17, 15) is 29.1 Å². The number of fused-ring (bicyclic) bond motifs is 2. The van der Waals surface area contributed by atoms with Gasteiger partial charge in [-0.05, 0) is 88.0 Å². The van der Waals surface area contributed by atoms with Crippen LogP contribution in [0.1, 0.15) is 93.7 Å². The van der Waals surface area contributed by atoms with Crippen LogP contribution in [0.3, 0.4) is 0 Å². The molecule has 0 bridgehead atoms. The zero-order valence-electron chi connectivity index (χ0n) is 34.7. The molecule has 2 fully saturated rings. The lowest BCUT2D eigenvalue weighted by molar-refractivity contribution is -0.136. The largest absolute Gasteiger partial charge is 0.451 e. The Labute approximate surface area is 361 Å². The molecule has 18 nitrogen and oxygen atoms in total. The average molecular weight is 855 g/mol. The third-order valence-electron chi connectivity index (χ3n) is 12.1. The lowest BCUT2D eigenvalue weighted by atomic mass is 9.95. The molecule has 2 aromatic heterocycles. The third-order valence-corrected chi connectivity index (χ3v) is 12.1. The molecule has 5 N–H and O–H groups in total. The first-order valence-corrected chi connectivity index (χ1v) is 21.0. The number of likely N-dealkylation sites (tertiary alicyclic amines) is 1. The summed E-state index contributed by atoms with van der Waals surface area (Å²) < 4.78 is 11.7.